The van der Waals surface area contributed by atoms with Gasteiger partial charge in [0.1, 0.15) is 5.76 Å². The third-order valence-electron chi connectivity index (χ3n) is 2.69. The first kappa shape index (κ1) is 14.1. The van der Waals surface area contributed by atoms with Gasteiger partial charge in [-0.25, -0.2) is 8.42 Å². The van der Waals surface area contributed by atoms with Gasteiger partial charge in [-0.1, -0.05) is 6.92 Å². The molecule has 0 spiro atoms. The molecule has 1 aromatic carbocycles. The Balaban J connectivity index is 2.03. The van der Waals surface area contributed by atoms with Gasteiger partial charge >= 0.3 is 0 Å². The van der Waals surface area contributed by atoms with Gasteiger partial charge in [0, 0.05) is 5.69 Å². The summed E-state index contributed by atoms with van der Waals surface area (Å²) in [7, 11) is -3.13. The van der Waals surface area contributed by atoms with Gasteiger partial charge in [-0.05, 0) is 52.3 Å². The average molecular weight is 344 g/mol. The monoisotopic (exact) mass is 343 g/mol. The number of halogens is 1. The van der Waals surface area contributed by atoms with Crippen molar-refractivity contribution >= 4 is 31.5 Å². The molecule has 0 saturated carbocycles. The maximum absolute atomic E-state index is 11.7. The number of rotatable bonds is 5. The van der Waals surface area contributed by atoms with Gasteiger partial charge in [0.15, 0.2) is 14.5 Å². The van der Waals surface area contributed by atoms with Crippen LogP contribution in [0.4, 0.5) is 5.69 Å². The molecule has 0 bridgehead atoms. The van der Waals surface area contributed by atoms with E-state index in [-0.39, 0.29) is 5.75 Å². The van der Waals surface area contributed by atoms with Crippen LogP contribution in [0.1, 0.15) is 12.7 Å². The standard InChI is InChI=1S/C13H14BrNO3S/c1-2-19(16,17)12-6-3-10(4-7-12)15-9-11-5-8-13(14)18-11/h3-8,15H,2,9H2,1H3. The fourth-order valence-corrected chi connectivity index (χ4v) is 2.81. The highest BCUT2D eigenvalue weighted by molar-refractivity contribution is 9.10. The molecule has 0 aliphatic carbocycles. The van der Waals surface area contributed by atoms with E-state index < -0.39 is 9.84 Å². The van der Waals surface area contributed by atoms with Crippen LogP contribution >= 0.6 is 15.9 Å². The fraction of sp³-hybridized carbons (Fsp3) is 0.231. The zero-order valence-corrected chi connectivity index (χ0v) is 12.8. The minimum atomic E-state index is -3.13. The molecule has 1 N–H and O–H groups in total. The quantitative estimate of drug-likeness (QED) is 0.903. The predicted molar refractivity (Wildman–Crippen MR) is 77.9 cm³/mol. The Bertz CT molecular complexity index is 647. The summed E-state index contributed by atoms with van der Waals surface area (Å²) >= 11 is 3.24. The summed E-state index contributed by atoms with van der Waals surface area (Å²) in [5.74, 6) is 0.914. The number of benzene rings is 1. The molecule has 0 saturated heterocycles. The van der Waals surface area contributed by atoms with Gasteiger partial charge in [0.05, 0.1) is 17.2 Å². The van der Waals surface area contributed by atoms with E-state index in [4.69, 9.17) is 4.42 Å². The summed E-state index contributed by atoms with van der Waals surface area (Å²) in [5, 5.41) is 3.16. The van der Waals surface area contributed by atoms with E-state index in [1.165, 1.54) is 0 Å². The lowest BCUT2D eigenvalue weighted by atomic mass is 10.3. The second kappa shape index (κ2) is 5.79. The normalized spacial score (nSPS) is 11.5. The molecule has 1 heterocycles. The van der Waals surface area contributed by atoms with Crippen molar-refractivity contribution in [1.29, 1.82) is 0 Å². The van der Waals surface area contributed by atoms with Gasteiger partial charge < -0.3 is 9.73 Å². The Labute approximate surface area is 120 Å². The SMILES string of the molecule is CCS(=O)(=O)c1ccc(NCc2ccc(Br)o2)cc1. The molecule has 6 heteroatoms. The number of hydrogen-bond donors (Lipinski definition) is 1. The summed E-state index contributed by atoms with van der Waals surface area (Å²) in [5.41, 5.74) is 0.850. The molecule has 102 valence electrons. The van der Waals surface area contributed by atoms with Crippen LogP contribution in [0, 0.1) is 0 Å². The predicted octanol–water partition coefficient (Wildman–Crippen LogP) is 3.45. The van der Waals surface area contributed by atoms with Crippen LogP contribution in [0.2, 0.25) is 0 Å². The highest BCUT2D eigenvalue weighted by atomic mass is 79.9. The van der Waals surface area contributed by atoms with Gasteiger partial charge in [-0.3, -0.25) is 0 Å². The molecule has 0 fully saturated rings. The van der Waals surface area contributed by atoms with E-state index in [1.54, 1.807) is 31.2 Å². The summed E-state index contributed by atoms with van der Waals surface area (Å²) in [6.07, 6.45) is 0. The lowest BCUT2D eigenvalue weighted by Crippen LogP contribution is -2.04. The summed E-state index contributed by atoms with van der Waals surface area (Å²) in [4.78, 5) is 0.348. The molecule has 2 aromatic rings. The van der Waals surface area contributed by atoms with Crippen LogP contribution in [0.15, 0.2) is 50.4 Å². The number of sulfone groups is 1. The van der Waals surface area contributed by atoms with Crippen LogP contribution in [-0.4, -0.2) is 14.2 Å². The Hall–Kier alpha value is -1.27. The molecule has 0 amide bonds. The average Bonchev–Trinajstić information content (AvgIpc) is 2.83. The lowest BCUT2D eigenvalue weighted by molar-refractivity contribution is 0.495. The molecule has 0 aliphatic heterocycles. The number of furan rings is 1. The van der Waals surface area contributed by atoms with Gasteiger partial charge in [-0.15, -0.1) is 0 Å². The molecule has 0 atom stereocenters. The van der Waals surface area contributed by atoms with E-state index in [0.29, 0.717) is 16.1 Å². The minimum Gasteiger partial charge on any atom is -0.452 e. The Morgan fingerprint density at radius 2 is 1.84 bits per heavy atom. The van der Waals surface area contributed by atoms with Crippen molar-refractivity contribution in [3.05, 3.63) is 46.8 Å². The molecule has 0 unspecified atom stereocenters. The first-order valence-corrected chi connectivity index (χ1v) is 8.26. The maximum atomic E-state index is 11.7. The highest BCUT2D eigenvalue weighted by Gasteiger charge is 2.10. The van der Waals surface area contributed by atoms with E-state index >= 15 is 0 Å². The van der Waals surface area contributed by atoms with Crippen LogP contribution in [0.3, 0.4) is 0 Å². The van der Waals surface area contributed by atoms with Crippen molar-refractivity contribution in [3.8, 4) is 0 Å². The first-order valence-electron chi connectivity index (χ1n) is 5.82. The van der Waals surface area contributed by atoms with Crippen molar-refractivity contribution in [3.63, 3.8) is 0 Å². The second-order valence-electron chi connectivity index (χ2n) is 3.99. The van der Waals surface area contributed by atoms with Gasteiger partial charge in [-0.2, -0.15) is 0 Å². The largest absolute Gasteiger partial charge is 0.452 e. The van der Waals surface area contributed by atoms with Crippen molar-refractivity contribution in [2.45, 2.75) is 18.4 Å². The van der Waals surface area contributed by atoms with Gasteiger partial charge in [0.2, 0.25) is 0 Å². The third kappa shape index (κ3) is 3.61. The van der Waals surface area contributed by atoms with E-state index in [2.05, 4.69) is 21.2 Å². The molecular weight excluding hydrogens is 330 g/mol. The molecule has 0 aliphatic rings. The third-order valence-corrected chi connectivity index (χ3v) is 4.87. The van der Waals surface area contributed by atoms with Crippen LogP contribution in [-0.2, 0) is 16.4 Å². The zero-order valence-electron chi connectivity index (χ0n) is 10.4. The molecule has 1 aromatic heterocycles. The van der Waals surface area contributed by atoms with Gasteiger partial charge in [0.25, 0.3) is 0 Å². The van der Waals surface area contributed by atoms with Crippen LogP contribution in [0.5, 0.6) is 0 Å². The molecule has 4 nitrogen and oxygen atoms in total. The van der Waals surface area contributed by atoms with Crippen molar-refractivity contribution in [2.24, 2.45) is 0 Å². The smallest absolute Gasteiger partial charge is 0.178 e. The summed E-state index contributed by atoms with van der Waals surface area (Å²) in [6, 6.07) is 10.4. The first-order chi connectivity index (χ1) is 9.01. The van der Waals surface area contributed by atoms with Crippen molar-refractivity contribution < 1.29 is 12.8 Å². The number of nitrogens with one attached hydrogen (secondary N) is 1. The van der Waals surface area contributed by atoms with E-state index in [9.17, 15) is 8.42 Å². The zero-order chi connectivity index (χ0) is 13.9. The van der Waals surface area contributed by atoms with Crippen molar-refractivity contribution in [1.82, 2.24) is 0 Å². The number of anilines is 1. The lowest BCUT2D eigenvalue weighted by Gasteiger charge is -2.06. The van der Waals surface area contributed by atoms with Crippen LogP contribution < -0.4 is 5.32 Å². The second-order valence-corrected chi connectivity index (χ2v) is 7.05. The maximum Gasteiger partial charge on any atom is 0.178 e. The molecule has 2 rings (SSSR count). The van der Waals surface area contributed by atoms with Crippen molar-refractivity contribution in [2.75, 3.05) is 11.1 Å². The number of hydrogen-bond acceptors (Lipinski definition) is 4. The van der Waals surface area contributed by atoms with E-state index in [1.807, 2.05) is 12.1 Å². The summed E-state index contributed by atoms with van der Waals surface area (Å²) in [6.45, 7) is 2.18. The Kier molecular flexibility index (Phi) is 4.31. The molecular formula is C13H14BrNO3S. The Morgan fingerprint density at radius 1 is 1.16 bits per heavy atom. The minimum absolute atomic E-state index is 0.111. The topological polar surface area (TPSA) is 59.3 Å². The fourth-order valence-electron chi connectivity index (χ4n) is 1.58. The molecule has 19 heavy (non-hydrogen) atoms. The summed E-state index contributed by atoms with van der Waals surface area (Å²) < 4.78 is 29.4. The van der Waals surface area contributed by atoms with Crippen LogP contribution in [0.25, 0.3) is 0 Å². The highest BCUT2D eigenvalue weighted by Crippen LogP contribution is 2.18. The molecule has 0 radical (unpaired) electrons. The van der Waals surface area contributed by atoms with E-state index in [0.717, 1.165) is 11.4 Å². The Morgan fingerprint density at radius 3 is 2.37 bits per heavy atom.